The number of benzene rings is 8. The van der Waals surface area contributed by atoms with E-state index in [4.69, 9.17) is 15.0 Å². The van der Waals surface area contributed by atoms with Gasteiger partial charge in [-0.2, -0.15) is 0 Å². The number of nitrogens with zero attached hydrogens (tertiary/aromatic N) is 4. The van der Waals surface area contributed by atoms with Crippen LogP contribution in [-0.2, 0) is 0 Å². The van der Waals surface area contributed by atoms with Gasteiger partial charge in [0, 0.05) is 33.2 Å². The third-order valence-corrected chi connectivity index (χ3v) is 11.1. The first-order chi connectivity index (χ1) is 28.1. The summed E-state index contributed by atoms with van der Waals surface area (Å²) in [6, 6.07) is 68.4. The highest BCUT2D eigenvalue weighted by molar-refractivity contribution is 6.10. The molecule has 0 unspecified atom stereocenters. The fourth-order valence-electron chi connectivity index (χ4n) is 8.24. The van der Waals surface area contributed by atoms with E-state index in [-0.39, 0.29) is 0 Å². The Hall–Kier alpha value is -7.43. The summed E-state index contributed by atoms with van der Waals surface area (Å²) in [4.78, 5) is 15.0. The molecule has 0 spiro atoms. The molecule has 0 aliphatic carbocycles. The molecule has 0 radical (unpaired) electrons. The van der Waals surface area contributed by atoms with Gasteiger partial charge in [-0.15, -0.1) is 0 Å². The average molecular weight is 731 g/mol. The highest BCUT2D eigenvalue weighted by Crippen LogP contribution is 2.40. The molecule has 4 nitrogen and oxygen atoms in total. The van der Waals surface area contributed by atoms with Crippen LogP contribution >= 0.6 is 0 Å². The standard InChI is InChI=1S/C53H38N4/c1-35-43(37-17-6-3-7-18-37)26-15-28-45(35)46-29-16-27-44(36(46)2)40-31-32-50-48(34-40)47-25-12-13-30-49(47)57(50)42-24-14-23-41(33-42)53-55-51(38-19-8-4-9-20-38)54-52(56-53)39-21-10-5-11-22-39/h3-34H,1-2H3. The Balaban J connectivity index is 1.08. The number of hydrogen-bond donors (Lipinski definition) is 0. The average Bonchev–Trinajstić information content (AvgIpc) is 3.61. The van der Waals surface area contributed by atoms with Crippen molar-refractivity contribution in [2.75, 3.05) is 0 Å². The van der Waals surface area contributed by atoms with Crippen LogP contribution in [0, 0.1) is 13.8 Å². The van der Waals surface area contributed by atoms with Crippen molar-refractivity contribution in [3.8, 4) is 73.2 Å². The smallest absolute Gasteiger partial charge is 0.164 e. The summed E-state index contributed by atoms with van der Waals surface area (Å²) in [6.45, 7) is 4.50. The van der Waals surface area contributed by atoms with Gasteiger partial charge in [-0.3, -0.25) is 0 Å². The molecule has 0 saturated carbocycles. The third-order valence-electron chi connectivity index (χ3n) is 11.1. The fourth-order valence-corrected chi connectivity index (χ4v) is 8.24. The van der Waals surface area contributed by atoms with Gasteiger partial charge in [0.25, 0.3) is 0 Å². The Kier molecular flexibility index (Phi) is 8.57. The van der Waals surface area contributed by atoms with Gasteiger partial charge in [0.1, 0.15) is 0 Å². The van der Waals surface area contributed by atoms with E-state index in [2.05, 4.69) is 152 Å². The predicted octanol–water partition coefficient (Wildman–Crippen LogP) is 13.6. The summed E-state index contributed by atoms with van der Waals surface area (Å²) in [6.07, 6.45) is 0. The molecular formula is C53H38N4. The molecule has 0 bridgehead atoms. The van der Waals surface area contributed by atoms with E-state index in [1.54, 1.807) is 0 Å². The molecule has 0 atom stereocenters. The van der Waals surface area contributed by atoms with Crippen LogP contribution in [0.5, 0.6) is 0 Å². The minimum absolute atomic E-state index is 0.632. The molecule has 0 saturated heterocycles. The molecule has 0 N–H and O–H groups in total. The zero-order valence-corrected chi connectivity index (χ0v) is 31.8. The number of fused-ring (bicyclic) bond motifs is 3. The van der Waals surface area contributed by atoms with Crippen molar-refractivity contribution in [1.82, 2.24) is 19.5 Å². The van der Waals surface area contributed by atoms with Crippen molar-refractivity contribution in [3.63, 3.8) is 0 Å². The maximum Gasteiger partial charge on any atom is 0.164 e. The van der Waals surface area contributed by atoms with E-state index in [1.807, 2.05) is 60.7 Å². The number of aromatic nitrogens is 4. The third kappa shape index (κ3) is 6.18. The Bertz CT molecular complexity index is 3020. The van der Waals surface area contributed by atoms with Gasteiger partial charge < -0.3 is 4.57 Å². The fraction of sp³-hybridized carbons (Fsp3) is 0.0377. The second-order valence-electron chi connectivity index (χ2n) is 14.5. The second-order valence-corrected chi connectivity index (χ2v) is 14.5. The van der Waals surface area contributed by atoms with Gasteiger partial charge in [-0.25, -0.2) is 15.0 Å². The van der Waals surface area contributed by atoms with Crippen molar-refractivity contribution in [2.45, 2.75) is 13.8 Å². The lowest BCUT2D eigenvalue weighted by Gasteiger charge is -2.16. The van der Waals surface area contributed by atoms with Crippen LogP contribution in [0.4, 0.5) is 0 Å². The molecule has 0 amide bonds. The van der Waals surface area contributed by atoms with E-state index in [9.17, 15) is 0 Å². The molecule has 0 aliphatic heterocycles. The lowest BCUT2D eigenvalue weighted by Crippen LogP contribution is -2.01. The highest BCUT2D eigenvalue weighted by Gasteiger charge is 2.18. The first-order valence-corrected chi connectivity index (χ1v) is 19.4. The monoisotopic (exact) mass is 730 g/mol. The molecule has 8 aromatic carbocycles. The molecule has 2 aromatic heterocycles. The van der Waals surface area contributed by atoms with Crippen molar-refractivity contribution in [2.24, 2.45) is 0 Å². The van der Waals surface area contributed by atoms with Gasteiger partial charge in [0.05, 0.1) is 11.0 Å². The van der Waals surface area contributed by atoms with Crippen molar-refractivity contribution in [3.05, 3.63) is 205 Å². The van der Waals surface area contributed by atoms with Gasteiger partial charge in [0.2, 0.25) is 0 Å². The van der Waals surface area contributed by atoms with Crippen LogP contribution in [-0.4, -0.2) is 19.5 Å². The first-order valence-electron chi connectivity index (χ1n) is 19.4. The molecular weight excluding hydrogens is 693 g/mol. The van der Waals surface area contributed by atoms with Gasteiger partial charge in [-0.05, 0) is 88.7 Å². The van der Waals surface area contributed by atoms with Crippen LogP contribution in [0.1, 0.15) is 11.1 Å². The van der Waals surface area contributed by atoms with Crippen LogP contribution in [0.25, 0.3) is 95.0 Å². The number of para-hydroxylation sites is 1. The summed E-state index contributed by atoms with van der Waals surface area (Å²) in [5.41, 5.74) is 16.1. The van der Waals surface area contributed by atoms with Crippen molar-refractivity contribution in [1.29, 1.82) is 0 Å². The number of rotatable bonds is 7. The Morgan fingerprint density at radius 2 is 0.772 bits per heavy atom. The zero-order valence-electron chi connectivity index (χ0n) is 31.8. The maximum absolute atomic E-state index is 5.02. The van der Waals surface area contributed by atoms with Gasteiger partial charge >= 0.3 is 0 Å². The quantitative estimate of drug-likeness (QED) is 0.164. The summed E-state index contributed by atoms with van der Waals surface area (Å²) in [7, 11) is 0. The van der Waals surface area contributed by atoms with Crippen LogP contribution in [0.15, 0.2) is 194 Å². The van der Waals surface area contributed by atoms with E-state index in [1.165, 1.54) is 55.3 Å². The molecule has 2 heterocycles. The molecule has 270 valence electrons. The molecule has 0 fully saturated rings. The largest absolute Gasteiger partial charge is 0.309 e. The molecule has 10 rings (SSSR count). The van der Waals surface area contributed by atoms with E-state index >= 15 is 0 Å². The summed E-state index contributed by atoms with van der Waals surface area (Å²) >= 11 is 0. The van der Waals surface area contributed by atoms with E-state index in [0.29, 0.717) is 17.5 Å². The van der Waals surface area contributed by atoms with E-state index < -0.39 is 0 Å². The Labute approximate surface area is 332 Å². The molecule has 57 heavy (non-hydrogen) atoms. The second kappa shape index (κ2) is 14.3. The summed E-state index contributed by atoms with van der Waals surface area (Å²) in [5, 5.41) is 2.41. The minimum Gasteiger partial charge on any atom is -0.309 e. The van der Waals surface area contributed by atoms with Crippen LogP contribution < -0.4 is 0 Å². The zero-order chi connectivity index (χ0) is 38.3. The summed E-state index contributed by atoms with van der Waals surface area (Å²) in [5.74, 6) is 1.92. The Morgan fingerprint density at radius 1 is 0.316 bits per heavy atom. The first kappa shape index (κ1) is 34.1. The predicted molar refractivity (Wildman–Crippen MR) is 236 cm³/mol. The minimum atomic E-state index is 0.632. The normalized spacial score (nSPS) is 11.3. The SMILES string of the molecule is Cc1c(-c2ccccc2)cccc1-c1cccc(-c2ccc3c(c2)c2ccccc2n3-c2cccc(-c3nc(-c4ccccc4)nc(-c4ccccc4)n3)c2)c1C. The molecule has 4 heteroatoms. The van der Waals surface area contributed by atoms with Crippen LogP contribution in [0.2, 0.25) is 0 Å². The maximum atomic E-state index is 5.02. The summed E-state index contributed by atoms with van der Waals surface area (Å²) < 4.78 is 2.36. The number of hydrogen-bond acceptors (Lipinski definition) is 3. The van der Waals surface area contributed by atoms with Gasteiger partial charge in [0.15, 0.2) is 17.5 Å². The van der Waals surface area contributed by atoms with Crippen LogP contribution in [0.3, 0.4) is 0 Å². The highest BCUT2D eigenvalue weighted by atomic mass is 15.0. The molecule has 0 aliphatic rings. The van der Waals surface area contributed by atoms with Crippen molar-refractivity contribution < 1.29 is 0 Å². The lowest BCUT2D eigenvalue weighted by molar-refractivity contribution is 1.07. The Morgan fingerprint density at radius 3 is 1.39 bits per heavy atom. The van der Waals surface area contributed by atoms with Crippen molar-refractivity contribution >= 4 is 21.8 Å². The molecule has 10 aromatic rings. The van der Waals surface area contributed by atoms with E-state index in [0.717, 1.165) is 33.4 Å². The lowest BCUT2D eigenvalue weighted by atomic mass is 9.88. The topological polar surface area (TPSA) is 43.6 Å². The van der Waals surface area contributed by atoms with Gasteiger partial charge in [-0.1, -0.05) is 164 Å².